The molecular weight excluding hydrogens is 158 g/mol. The Morgan fingerprint density at radius 2 is 2.15 bits per heavy atom. The average Bonchev–Trinajstić information content (AvgIpc) is 2.18. The third-order valence-electron chi connectivity index (χ3n) is 2.15. The highest BCUT2D eigenvalue weighted by molar-refractivity contribution is 5.62. The van der Waals surface area contributed by atoms with Crippen LogP contribution in [0.2, 0.25) is 0 Å². The van der Waals surface area contributed by atoms with Crippen molar-refractivity contribution in [1.29, 1.82) is 0 Å². The molecule has 0 saturated carbocycles. The summed E-state index contributed by atoms with van der Waals surface area (Å²) in [7, 11) is 0. The summed E-state index contributed by atoms with van der Waals surface area (Å²) in [4.78, 5) is 4.34. The van der Waals surface area contributed by atoms with E-state index in [1.807, 2.05) is 6.20 Å². The Morgan fingerprint density at radius 3 is 2.62 bits per heavy atom. The highest BCUT2D eigenvalue weighted by atomic mass is 14.7. The molecule has 0 saturated heterocycles. The van der Waals surface area contributed by atoms with Crippen molar-refractivity contribution in [3.05, 3.63) is 36.2 Å². The normalized spacial score (nSPS) is 10.0. The highest BCUT2D eigenvalue weighted by Gasteiger charge is 1.97. The second-order valence-electron chi connectivity index (χ2n) is 3.25. The molecule has 1 nitrogen and oxygen atoms in total. The van der Waals surface area contributed by atoms with Crippen molar-refractivity contribution in [2.24, 2.45) is 0 Å². The van der Waals surface area contributed by atoms with Gasteiger partial charge in [0.05, 0.1) is 0 Å². The molecule has 0 fully saturated rings. The minimum Gasteiger partial charge on any atom is -0.261 e. The lowest BCUT2D eigenvalue weighted by Crippen LogP contribution is -1.89. The van der Waals surface area contributed by atoms with Crippen molar-refractivity contribution in [2.75, 3.05) is 0 Å². The minimum absolute atomic E-state index is 1.00. The van der Waals surface area contributed by atoms with Crippen molar-refractivity contribution in [2.45, 2.75) is 33.1 Å². The van der Waals surface area contributed by atoms with Crippen molar-refractivity contribution >= 4 is 5.57 Å². The van der Waals surface area contributed by atoms with E-state index in [0.29, 0.717) is 0 Å². The monoisotopic (exact) mass is 175 g/mol. The molecule has 0 aliphatic rings. The standard InChI is InChI=1S/C12H17N/c1-4-6-10(3)11-7-8-12(5-2)13-9-11/h7-9H,3-6H2,1-2H3. The van der Waals surface area contributed by atoms with Crippen LogP contribution in [0.5, 0.6) is 0 Å². The molecule has 13 heavy (non-hydrogen) atoms. The van der Waals surface area contributed by atoms with Gasteiger partial charge in [0.2, 0.25) is 0 Å². The van der Waals surface area contributed by atoms with Crippen molar-refractivity contribution in [1.82, 2.24) is 4.98 Å². The van der Waals surface area contributed by atoms with Crippen LogP contribution in [-0.2, 0) is 6.42 Å². The summed E-state index contributed by atoms with van der Waals surface area (Å²) >= 11 is 0. The Labute approximate surface area is 80.5 Å². The average molecular weight is 175 g/mol. The zero-order valence-corrected chi connectivity index (χ0v) is 8.51. The van der Waals surface area contributed by atoms with Gasteiger partial charge in [0.1, 0.15) is 0 Å². The van der Waals surface area contributed by atoms with Gasteiger partial charge in [-0.2, -0.15) is 0 Å². The van der Waals surface area contributed by atoms with Crippen molar-refractivity contribution < 1.29 is 0 Å². The SMILES string of the molecule is C=C(CCC)c1ccc(CC)nc1. The quantitative estimate of drug-likeness (QED) is 0.683. The Balaban J connectivity index is 2.74. The number of rotatable bonds is 4. The van der Waals surface area contributed by atoms with Crippen molar-refractivity contribution in [3.8, 4) is 0 Å². The van der Waals surface area contributed by atoms with Crippen LogP contribution < -0.4 is 0 Å². The number of hydrogen-bond acceptors (Lipinski definition) is 1. The molecular formula is C12H17N. The maximum atomic E-state index is 4.34. The van der Waals surface area contributed by atoms with E-state index in [0.717, 1.165) is 25.0 Å². The summed E-state index contributed by atoms with van der Waals surface area (Å²) in [6, 6.07) is 4.19. The second-order valence-corrected chi connectivity index (χ2v) is 3.25. The van der Waals surface area contributed by atoms with Crippen molar-refractivity contribution in [3.63, 3.8) is 0 Å². The van der Waals surface area contributed by atoms with Crippen LogP contribution in [-0.4, -0.2) is 4.98 Å². The van der Waals surface area contributed by atoms with Gasteiger partial charge in [-0.15, -0.1) is 0 Å². The van der Waals surface area contributed by atoms with E-state index in [4.69, 9.17) is 0 Å². The molecule has 70 valence electrons. The smallest absolute Gasteiger partial charge is 0.0401 e. The predicted molar refractivity (Wildman–Crippen MR) is 57.6 cm³/mol. The van der Waals surface area contributed by atoms with Gasteiger partial charge < -0.3 is 0 Å². The number of aryl methyl sites for hydroxylation is 1. The molecule has 0 unspecified atom stereocenters. The summed E-state index contributed by atoms with van der Waals surface area (Å²) in [6.45, 7) is 8.31. The van der Waals surface area contributed by atoms with Gasteiger partial charge in [-0.05, 0) is 30.0 Å². The predicted octanol–water partition coefficient (Wildman–Crippen LogP) is 3.46. The number of pyridine rings is 1. The fourth-order valence-corrected chi connectivity index (χ4v) is 1.29. The van der Waals surface area contributed by atoms with Crippen LogP contribution >= 0.6 is 0 Å². The van der Waals surface area contributed by atoms with Crippen LogP contribution in [0.15, 0.2) is 24.9 Å². The molecule has 1 rings (SSSR count). The third-order valence-corrected chi connectivity index (χ3v) is 2.15. The number of allylic oxidation sites excluding steroid dienone is 1. The first kappa shape index (κ1) is 9.97. The van der Waals surface area contributed by atoms with Gasteiger partial charge in [-0.1, -0.05) is 32.9 Å². The third kappa shape index (κ3) is 2.69. The Morgan fingerprint density at radius 1 is 1.38 bits per heavy atom. The lowest BCUT2D eigenvalue weighted by molar-refractivity contribution is 0.969. The Hall–Kier alpha value is -1.11. The summed E-state index contributed by atoms with van der Waals surface area (Å²) < 4.78 is 0. The Kier molecular flexibility index (Phi) is 3.69. The number of aromatic nitrogens is 1. The van der Waals surface area contributed by atoms with Crippen LogP contribution in [0.4, 0.5) is 0 Å². The summed E-state index contributed by atoms with van der Waals surface area (Å²) in [5, 5.41) is 0. The van der Waals surface area contributed by atoms with Crippen LogP contribution in [0.1, 0.15) is 37.9 Å². The topological polar surface area (TPSA) is 12.9 Å². The van der Waals surface area contributed by atoms with E-state index in [2.05, 4.69) is 37.5 Å². The zero-order valence-electron chi connectivity index (χ0n) is 8.51. The van der Waals surface area contributed by atoms with Gasteiger partial charge in [0.15, 0.2) is 0 Å². The van der Waals surface area contributed by atoms with Crippen LogP contribution in [0.25, 0.3) is 5.57 Å². The molecule has 0 aromatic carbocycles. The van der Waals surface area contributed by atoms with E-state index in [-0.39, 0.29) is 0 Å². The number of hydrogen-bond donors (Lipinski definition) is 0. The molecule has 0 aliphatic carbocycles. The maximum absolute atomic E-state index is 4.34. The van der Waals surface area contributed by atoms with Crippen LogP contribution in [0.3, 0.4) is 0 Å². The molecule has 1 aromatic rings. The molecule has 0 amide bonds. The summed E-state index contributed by atoms with van der Waals surface area (Å²) in [5.41, 5.74) is 3.52. The minimum atomic E-state index is 1.00. The van der Waals surface area contributed by atoms with Gasteiger partial charge in [0.25, 0.3) is 0 Å². The first-order valence-corrected chi connectivity index (χ1v) is 4.91. The zero-order chi connectivity index (χ0) is 9.68. The molecule has 0 spiro atoms. The summed E-state index contributed by atoms with van der Waals surface area (Å²) in [5.74, 6) is 0. The molecule has 1 aromatic heterocycles. The first-order valence-electron chi connectivity index (χ1n) is 4.91. The highest BCUT2D eigenvalue weighted by Crippen LogP contribution is 2.16. The van der Waals surface area contributed by atoms with Gasteiger partial charge >= 0.3 is 0 Å². The van der Waals surface area contributed by atoms with E-state index in [1.54, 1.807) is 0 Å². The molecule has 0 N–H and O–H groups in total. The lowest BCUT2D eigenvalue weighted by Gasteiger charge is -2.03. The molecule has 0 atom stereocenters. The fourth-order valence-electron chi connectivity index (χ4n) is 1.29. The number of nitrogens with zero attached hydrogens (tertiary/aromatic N) is 1. The van der Waals surface area contributed by atoms with E-state index < -0.39 is 0 Å². The molecule has 0 aliphatic heterocycles. The van der Waals surface area contributed by atoms with Gasteiger partial charge in [-0.25, -0.2) is 0 Å². The Bertz CT molecular complexity index is 272. The van der Waals surface area contributed by atoms with E-state index in [1.165, 1.54) is 11.1 Å². The van der Waals surface area contributed by atoms with Crippen LogP contribution in [0, 0.1) is 0 Å². The van der Waals surface area contributed by atoms with Gasteiger partial charge in [-0.3, -0.25) is 4.98 Å². The molecule has 1 heterocycles. The van der Waals surface area contributed by atoms with E-state index in [9.17, 15) is 0 Å². The molecule has 0 bridgehead atoms. The second kappa shape index (κ2) is 4.80. The molecule has 0 radical (unpaired) electrons. The van der Waals surface area contributed by atoms with E-state index >= 15 is 0 Å². The largest absolute Gasteiger partial charge is 0.261 e. The lowest BCUT2D eigenvalue weighted by atomic mass is 10.1. The van der Waals surface area contributed by atoms with Gasteiger partial charge in [0, 0.05) is 11.9 Å². The summed E-state index contributed by atoms with van der Waals surface area (Å²) in [6.07, 6.45) is 5.14. The first-order chi connectivity index (χ1) is 6.27. The fraction of sp³-hybridized carbons (Fsp3) is 0.417. The maximum Gasteiger partial charge on any atom is 0.0401 e. The molecule has 1 heteroatoms.